The third-order valence-electron chi connectivity index (χ3n) is 6.59. The first kappa shape index (κ1) is 24.9. The summed E-state index contributed by atoms with van der Waals surface area (Å²) in [6.07, 6.45) is 1.40. The molecule has 4 aromatic rings. The molecule has 1 aliphatic heterocycles. The van der Waals surface area contributed by atoms with E-state index >= 15 is 4.39 Å². The minimum atomic E-state index is -0.573. The number of amides is 1. The van der Waals surface area contributed by atoms with Gasteiger partial charge in [0.05, 0.1) is 17.8 Å². The fourth-order valence-corrected chi connectivity index (χ4v) is 5.09. The summed E-state index contributed by atoms with van der Waals surface area (Å²) < 4.78 is 37.1. The van der Waals surface area contributed by atoms with E-state index in [4.69, 9.17) is 4.74 Å². The molecule has 0 bridgehead atoms. The van der Waals surface area contributed by atoms with Crippen LogP contribution in [0, 0.1) is 11.6 Å². The Kier molecular flexibility index (Phi) is 6.04. The van der Waals surface area contributed by atoms with Crippen molar-refractivity contribution in [2.75, 3.05) is 18.0 Å². The smallest absolute Gasteiger partial charge is 0.410 e. The number of aromatic nitrogens is 3. The van der Waals surface area contributed by atoms with Gasteiger partial charge in [0.2, 0.25) is 0 Å². The number of pyridine rings is 1. The van der Waals surface area contributed by atoms with Crippen LogP contribution >= 0.6 is 0 Å². The average Bonchev–Trinajstić information content (AvgIpc) is 3.18. The SMILES string of the molecule is C[C@H]1CN(c2cc(F)c3nc(-c4cc(F)c5nn(C)cc5c4)ccc3c2)C[C@H](C)N1C(=O)OC(C)(C)C. The number of halogens is 2. The van der Waals surface area contributed by atoms with Crippen LogP contribution in [-0.4, -0.2) is 56.5 Å². The second-order valence-electron chi connectivity index (χ2n) is 10.9. The van der Waals surface area contributed by atoms with Gasteiger partial charge in [0.25, 0.3) is 0 Å². The van der Waals surface area contributed by atoms with Crippen molar-refractivity contribution in [1.82, 2.24) is 19.7 Å². The molecule has 3 heterocycles. The Morgan fingerprint density at radius 2 is 1.65 bits per heavy atom. The molecule has 0 radical (unpaired) electrons. The van der Waals surface area contributed by atoms with E-state index in [1.165, 1.54) is 12.1 Å². The van der Waals surface area contributed by atoms with Gasteiger partial charge in [0.15, 0.2) is 11.6 Å². The Morgan fingerprint density at radius 1 is 0.973 bits per heavy atom. The van der Waals surface area contributed by atoms with Crippen molar-refractivity contribution >= 4 is 33.6 Å². The molecule has 0 N–H and O–H groups in total. The summed E-state index contributed by atoms with van der Waals surface area (Å²) in [6, 6.07) is 9.91. The standard InChI is InChI=1S/C28H31F2N5O2/c1-16-13-34(14-17(2)35(16)27(36)37-28(3,4)5)21-10-18-7-8-24(31-25(18)23(30)12-21)19-9-20-15-33(6)32-26(20)22(29)11-19/h7-12,15-17H,13-14H2,1-6H3/t16-,17-/m0/s1. The van der Waals surface area contributed by atoms with E-state index in [0.717, 1.165) is 5.69 Å². The molecule has 0 aliphatic carbocycles. The molecule has 2 aromatic heterocycles. The van der Waals surface area contributed by atoms with Gasteiger partial charge < -0.3 is 9.64 Å². The number of ether oxygens (including phenoxy) is 1. The number of anilines is 1. The molecule has 194 valence electrons. The van der Waals surface area contributed by atoms with Gasteiger partial charge in [-0.2, -0.15) is 5.10 Å². The zero-order chi connectivity index (χ0) is 26.6. The van der Waals surface area contributed by atoms with Crippen LogP contribution in [0.2, 0.25) is 0 Å². The number of piperazine rings is 1. The summed E-state index contributed by atoms with van der Waals surface area (Å²) in [5.74, 6) is -0.897. The van der Waals surface area contributed by atoms with Crippen molar-refractivity contribution in [3.05, 3.63) is 54.2 Å². The maximum absolute atomic E-state index is 15.4. The Bertz CT molecular complexity index is 1500. The molecule has 0 spiro atoms. The highest BCUT2D eigenvalue weighted by atomic mass is 19.1. The Morgan fingerprint density at radius 3 is 2.32 bits per heavy atom. The molecule has 37 heavy (non-hydrogen) atoms. The topological polar surface area (TPSA) is 63.5 Å². The predicted octanol–water partition coefficient (Wildman–Crippen LogP) is 5.90. The van der Waals surface area contributed by atoms with E-state index in [1.54, 1.807) is 41.0 Å². The van der Waals surface area contributed by atoms with Crippen LogP contribution in [-0.2, 0) is 11.8 Å². The lowest BCUT2D eigenvalue weighted by Gasteiger charge is -2.45. The number of hydrogen-bond acceptors (Lipinski definition) is 5. The van der Waals surface area contributed by atoms with Crippen molar-refractivity contribution in [2.24, 2.45) is 7.05 Å². The predicted molar refractivity (Wildman–Crippen MR) is 141 cm³/mol. The third kappa shape index (κ3) is 4.82. The van der Waals surface area contributed by atoms with Gasteiger partial charge in [-0.15, -0.1) is 0 Å². The monoisotopic (exact) mass is 507 g/mol. The van der Waals surface area contributed by atoms with E-state index in [2.05, 4.69) is 15.0 Å². The van der Waals surface area contributed by atoms with Gasteiger partial charge >= 0.3 is 6.09 Å². The minimum absolute atomic E-state index is 0.116. The zero-order valence-electron chi connectivity index (χ0n) is 21.9. The zero-order valence-corrected chi connectivity index (χ0v) is 21.9. The molecule has 2 aromatic carbocycles. The Balaban J connectivity index is 1.42. The van der Waals surface area contributed by atoms with Gasteiger partial charge in [-0.25, -0.2) is 18.6 Å². The van der Waals surface area contributed by atoms with E-state index < -0.39 is 17.2 Å². The quantitative estimate of drug-likeness (QED) is 0.338. The van der Waals surface area contributed by atoms with Crippen molar-refractivity contribution < 1.29 is 18.3 Å². The van der Waals surface area contributed by atoms with Gasteiger partial charge in [-0.05, 0) is 65.0 Å². The molecule has 1 fully saturated rings. The van der Waals surface area contributed by atoms with E-state index in [0.29, 0.717) is 35.1 Å². The summed E-state index contributed by atoms with van der Waals surface area (Å²) in [4.78, 5) is 21.1. The molecule has 9 heteroatoms. The van der Waals surface area contributed by atoms with Crippen LogP contribution in [0.4, 0.5) is 19.3 Å². The highest BCUT2D eigenvalue weighted by molar-refractivity contribution is 5.88. The van der Waals surface area contributed by atoms with Gasteiger partial charge in [-0.3, -0.25) is 9.58 Å². The van der Waals surface area contributed by atoms with Crippen molar-refractivity contribution in [3.8, 4) is 11.3 Å². The van der Waals surface area contributed by atoms with Crippen LogP contribution in [0.15, 0.2) is 42.6 Å². The molecule has 5 rings (SSSR count). The number of hydrogen-bond donors (Lipinski definition) is 0. The maximum atomic E-state index is 15.4. The van der Waals surface area contributed by atoms with Crippen molar-refractivity contribution in [2.45, 2.75) is 52.3 Å². The van der Waals surface area contributed by atoms with E-state index in [1.807, 2.05) is 40.7 Å². The molecule has 2 atom stereocenters. The molecular formula is C28H31F2N5O2. The van der Waals surface area contributed by atoms with Gasteiger partial charge in [-0.1, -0.05) is 6.07 Å². The number of aryl methyl sites for hydroxylation is 1. The molecule has 0 unspecified atom stereocenters. The molecule has 1 aliphatic rings. The first-order valence-electron chi connectivity index (χ1n) is 12.4. The van der Waals surface area contributed by atoms with Crippen LogP contribution in [0.3, 0.4) is 0 Å². The van der Waals surface area contributed by atoms with E-state index in [9.17, 15) is 9.18 Å². The third-order valence-corrected chi connectivity index (χ3v) is 6.59. The average molecular weight is 508 g/mol. The van der Waals surface area contributed by atoms with E-state index in [-0.39, 0.29) is 29.2 Å². The summed E-state index contributed by atoms with van der Waals surface area (Å²) in [7, 11) is 1.74. The van der Waals surface area contributed by atoms with Crippen LogP contribution in [0.5, 0.6) is 0 Å². The summed E-state index contributed by atoms with van der Waals surface area (Å²) in [5, 5.41) is 5.44. The fraction of sp³-hybridized carbons (Fsp3) is 0.393. The minimum Gasteiger partial charge on any atom is -0.444 e. The van der Waals surface area contributed by atoms with Crippen molar-refractivity contribution in [1.29, 1.82) is 0 Å². The Hall–Kier alpha value is -3.75. The summed E-state index contributed by atoms with van der Waals surface area (Å²) in [6.45, 7) is 10.6. The lowest BCUT2D eigenvalue weighted by atomic mass is 10.0. The molecule has 0 saturated carbocycles. The van der Waals surface area contributed by atoms with Gasteiger partial charge in [0.1, 0.15) is 16.6 Å². The molecular weight excluding hydrogens is 476 g/mol. The van der Waals surface area contributed by atoms with Crippen molar-refractivity contribution in [3.63, 3.8) is 0 Å². The summed E-state index contributed by atoms with van der Waals surface area (Å²) >= 11 is 0. The Labute approximate surface area is 214 Å². The first-order chi connectivity index (χ1) is 17.4. The normalized spacial score (nSPS) is 18.6. The lowest BCUT2D eigenvalue weighted by molar-refractivity contribution is 0.00565. The van der Waals surface area contributed by atoms with Crippen LogP contribution < -0.4 is 4.90 Å². The lowest BCUT2D eigenvalue weighted by Crippen LogP contribution is -2.59. The molecule has 1 saturated heterocycles. The number of carbonyl (C=O) groups is 1. The molecule has 1 amide bonds. The van der Waals surface area contributed by atoms with Gasteiger partial charge in [0, 0.05) is 48.4 Å². The highest BCUT2D eigenvalue weighted by Gasteiger charge is 2.35. The largest absolute Gasteiger partial charge is 0.444 e. The maximum Gasteiger partial charge on any atom is 0.410 e. The number of benzene rings is 2. The number of rotatable bonds is 2. The first-order valence-corrected chi connectivity index (χ1v) is 12.4. The fourth-order valence-electron chi connectivity index (χ4n) is 5.09. The number of nitrogens with zero attached hydrogens (tertiary/aromatic N) is 5. The summed E-state index contributed by atoms with van der Waals surface area (Å²) in [5.41, 5.74) is 1.71. The number of fused-ring (bicyclic) bond motifs is 2. The van der Waals surface area contributed by atoms with Crippen LogP contribution in [0.1, 0.15) is 34.6 Å². The molecule has 7 nitrogen and oxygen atoms in total. The number of carbonyl (C=O) groups excluding carboxylic acids is 1. The second kappa shape index (κ2) is 8.97. The second-order valence-corrected chi connectivity index (χ2v) is 10.9. The van der Waals surface area contributed by atoms with Crippen LogP contribution in [0.25, 0.3) is 33.1 Å². The highest BCUT2D eigenvalue weighted by Crippen LogP contribution is 2.31.